The molecule has 2 aromatic carbocycles. The fourth-order valence-electron chi connectivity index (χ4n) is 3.35. The maximum atomic E-state index is 12.4. The number of hydrogen-bond donors (Lipinski definition) is 0. The zero-order valence-electron chi connectivity index (χ0n) is 19.3. The minimum atomic E-state index is -0.381. The summed E-state index contributed by atoms with van der Waals surface area (Å²) in [5.41, 5.74) is 3.40. The van der Waals surface area contributed by atoms with Gasteiger partial charge in [0.1, 0.15) is 22.0 Å². The van der Waals surface area contributed by atoms with Crippen molar-refractivity contribution in [3.8, 4) is 17.1 Å². The smallest absolute Gasteiger partial charge is 0.350 e. The number of benzene rings is 2. The lowest BCUT2D eigenvalue weighted by atomic mass is 10.1. The molecule has 7 heteroatoms. The highest BCUT2D eigenvalue weighted by molar-refractivity contribution is 7.17. The Morgan fingerprint density at radius 3 is 2.58 bits per heavy atom. The van der Waals surface area contributed by atoms with Crippen LogP contribution in [0.3, 0.4) is 0 Å². The van der Waals surface area contributed by atoms with Gasteiger partial charge in [0.15, 0.2) is 0 Å². The minimum Gasteiger partial charge on any atom is -0.494 e. The highest BCUT2D eigenvalue weighted by atomic mass is 32.1. The summed E-state index contributed by atoms with van der Waals surface area (Å²) in [4.78, 5) is 22.2. The van der Waals surface area contributed by atoms with Gasteiger partial charge in [-0.2, -0.15) is 0 Å². The van der Waals surface area contributed by atoms with Crippen molar-refractivity contribution in [1.82, 2.24) is 4.98 Å². The molecule has 0 amide bonds. The van der Waals surface area contributed by atoms with Gasteiger partial charge in [0, 0.05) is 17.0 Å². The Morgan fingerprint density at radius 2 is 1.88 bits per heavy atom. The zero-order chi connectivity index (χ0) is 23.5. The van der Waals surface area contributed by atoms with E-state index >= 15 is 0 Å². The molecule has 0 atom stereocenters. The van der Waals surface area contributed by atoms with Crippen molar-refractivity contribution in [3.05, 3.63) is 70.0 Å². The highest BCUT2D eigenvalue weighted by Crippen LogP contribution is 2.28. The first-order chi connectivity index (χ1) is 15.8. The van der Waals surface area contributed by atoms with Crippen molar-refractivity contribution >= 4 is 33.4 Å². The fraction of sp³-hybridized carbons (Fsp3) is 0.269. The summed E-state index contributed by atoms with van der Waals surface area (Å²) in [6.45, 7) is 9.98. The lowest BCUT2D eigenvalue weighted by Crippen LogP contribution is -2.11. The molecule has 0 aliphatic heterocycles. The summed E-state index contributed by atoms with van der Waals surface area (Å²) in [6.07, 6.45) is -0.201. The van der Waals surface area contributed by atoms with Crippen molar-refractivity contribution in [1.29, 1.82) is 0 Å². The Hall–Kier alpha value is -3.45. The number of carbonyl (C=O) groups excluding carboxylic acids is 1. The van der Waals surface area contributed by atoms with Crippen LogP contribution in [-0.2, 0) is 4.74 Å². The number of rotatable bonds is 6. The number of thiazole rings is 1. The summed E-state index contributed by atoms with van der Waals surface area (Å²) in [6, 6.07) is 15.7. The molecule has 0 aliphatic carbocycles. The molecule has 0 unspecified atom stereocenters. The topological polar surface area (TPSA) is 73.9 Å². The molecular formula is C26H26N2O4S. The average molecular weight is 463 g/mol. The highest BCUT2D eigenvalue weighted by Gasteiger charge is 2.18. The zero-order valence-corrected chi connectivity index (χ0v) is 20.2. The molecule has 0 bridgehead atoms. The first-order valence-electron chi connectivity index (χ1n) is 10.8. The van der Waals surface area contributed by atoms with E-state index in [2.05, 4.69) is 4.98 Å². The van der Waals surface area contributed by atoms with E-state index in [-0.39, 0.29) is 12.1 Å². The van der Waals surface area contributed by atoms with Gasteiger partial charge in [0.05, 0.1) is 23.8 Å². The van der Waals surface area contributed by atoms with Crippen LogP contribution in [-0.4, -0.2) is 23.7 Å². The van der Waals surface area contributed by atoms with Crippen LogP contribution in [0.4, 0.5) is 5.13 Å². The molecule has 4 aromatic rings. The van der Waals surface area contributed by atoms with Crippen molar-refractivity contribution in [2.45, 2.75) is 40.7 Å². The van der Waals surface area contributed by atoms with E-state index in [1.807, 2.05) is 76.2 Å². The Morgan fingerprint density at radius 1 is 1.12 bits per heavy atom. The number of aryl methyl sites for hydroxylation is 2. The average Bonchev–Trinajstić information content (AvgIpc) is 3.14. The van der Waals surface area contributed by atoms with Crippen LogP contribution >= 0.6 is 11.3 Å². The molecule has 170 valence electrons. The van der Waals surface area contributed by atoms with Gasteiger partial charge in [-0.15, -0.1) is 0 Å². The first-order valence-corrected chi connectivity index (χ1v) is 11.7. The van der Waals surface area contributed by atoms with Crippen LogP contribution < -0.4 is 10.1 Å². The molecular weight excluding hydrogens is 436 g/mol. The van der Waals surface area contributed by atoms with Crippen molar-refractivity contribution in [3.63, 3.8) is 0 Å². The van der Waals surface area contributed by atoms with Crippen molar-refractivity contribution in [2.24, 2.45) is 4.99 Å². The lowest BCUT2D eigenvalue weighted by molar-refractivity contribution is 0.0382. The number of ether oxygens (including phenoxy) is 2. The van der Waals surface area contributed by atoms with E-state index in [0.29, 0.717) is 39.0 Å². The van der Waals surface area contributed by atoms with Crippen LogP contribution in [0.1, 0.15) is 41.7 Å². The molecule has 2 aromatic heterocycles. The van der Waals surface area contributed by atoms with Crippen LogP contribution in [0.5, 0.6) is 5.75 Å². The normalized spacial score (nSPS) is 11.9. The van der Waals surface area contributed by atoms with Gasteiger partial charge in [-0.25, -0.2) is 14.8 Å². The molecule has 6 nitrogen and oxygen atoms in total. The third-order valence-corrected chi connectivity index (χ3v) is 5.92. The van der Waals surface area contributed by atoms with E-state index in [0.717, 1.165) is 16.7 Å². The van der Waals surface area contributed by atoms with Crippen LogP contribution in [0.2, 0.25) is 0 Å². The monoisotopic (exact) mass is 462 g/mol. The molecule has 0 fully saturated rings. The molecule has 33 heavy (non-hydrogen) atoms. The molecule has 0 radical (unpaired) electrons. The molecule has 2 heterocycles. The Balaban J connectivity index is 1.88. The number of hydrogen-bond acceptors (Lipinski definition) is 7. The maximum Gasteiger partial charge on any atom is 0.350 e. The van der Waals surface area contributed by atoms with E-state index in [4.69, 9.17) is 18.9 Å². The minimum absolute atomic E-state index is 0.201. The van der Waals surface area contributed by atoms with Gasteiger partial charge in [-0.1, -0.05) is 41.2 Å². The SMILES string of the molecule is CCOc1ccc2oc(-c3ccc(C)cc3)cc(=Nc3nc(C)c(C(=O)OC(C)C)s3)c2c1. The largest absolute Gasteiger partial charge is 0.494 e. The maximum absolute atomic E-state index is 12.4. The summed E-state index contributed by atoms with van der Waals surface area (Å²) in [5.74, 6) is 1.04. The van der Waals surface area contributed by atoms with Crippen molar-refractivity contribution in [2.75, 3.05) is 6.61 Å². The van der Waals surface area contributed by atoms with Crippen LogP contribution in [0, 0.1) is 13.8 Å². The van der Waals surface area contributed by atoms with E-state index in [1.54, 1.807) is 6.92 Å². The molecule has 0 saturated heterocycles. The third kappa shape index (κ3) is 5.14. The van der Waals surface area contributed by atoms with Gasteiger partial charge in [-0.3, -0.25) is 0 Å². The Kier molecular flexibility index (Phi) is 6.60. The molecule has 0 aliphatic rings. The Labute approximate surface area is 196 Å². The van der Waals surface area contributed by atoms with Crippen LogP contribution in [0.15, 0.2) is 57.9 Å². The summed E-state index contributed by atoms with van der Waals surface area (Å²) < 4.78 is 17.2. The number of fused-ring (bicyclic) bond motifs is 1. The predicted molar refractivity (Wildman–Crippen MR) is 130 cm³/mol. The summed E-state index contributed by atoms with van der Waals surface area (Å²) in [5, 5.41) is 1.97. The van der Waals surface area contributed by atoms with Gasteiger partial charge in [0.25, 0.3) is 0 Å². The van der Waals surface area contributed by atoms with Crippen molar-refractivity contribution < 1.29 is 18.7 Å². The molecule has 0 saturated carbocycles. The van der Waals surface area contributed by atoms with Gasteiger partial charge >= 0.3 is 5.97 Å². The first kappa shape index (κ1) is 22.7. The second-order valence-corrected chi connectivity index (χ2v) is 8.91. The summed E-state index contributed by atoms with van der Waals surface area (Å²) in [7, 11) is 0. The van der Waals surface area contributed by atoms with Crippen LogP contribution in [0.25, 0.3) is 22.3 Å². The number of aromatic nitrogens is 1. The second kappa shape index (κ2) is 9.58. The van der Waals surface area contributed by atoms with Gasteiger partial charge in [-0.05, 0) is 52.8 Å². The van der Waals surface area contributed by atoms with E-state index < -0.39 is 0 Å². The molecule has 0 N–H and O–H groups in total. The number of carbonyl (C=O) groups is 1. The van der Waals surface area contributed by atoms with E-state index in [9.17, 15) is 4.79 Å². The molecule has 4 rings (SSSR count). The lowest BCUT2D eigenvalue weighted by Gasteiger charge is -2.08. The fourth-order valence-corrected chi connectivity index (χ4v) is 4.18. The predicted octanol–water partition coefficient (Wildman–Crippen LogP) is 6.37. The second-order valence-electron chi connectivity index (χ2n) is 7.93. The molecule has 0 spiro atoms. The van der Waals surface area contributed by atoms with Gasteiger partial charge in [0.2, 0.25) is 5.13 Å². The Bertz CT molecular complexity index is 1370. The third-order valence-electron chi connectivity index (χ3n) is 4.89. The number of esters is 1. The summed E-state index contributed by atoms with van der Waals surface area (Å²) >= 11 is 1.22. The van der Waals surface area contributed by atoms with E-state index in [1.165, 1.54) is 16.9 Å². The van der Waals surface area contributed by atoms with Gasteiger partial charge < -0.3 is 13.9 Å². The number of nitrogens with zero attached hydrogens (tertiary/aromatic N) is 2. The standard InChI is InChI=1S/C26H26N2O4S/c1-6-30-19-11-12-22-20(13-19)21(14-23(32-22)18-9-7-16(4)8-10-18)28-26-27-17(5)24(33-26)25(29)31-15(2)3/h7-15H,6H2,1-5H3. The quantitative estimate of drug-likeness (QED) is 0.311.